The van der Waals surface area contributed by atoms with Crippen molar-refractivity contribution in [3.8, 4) is 5.75 Å². The number of urea groups is 1. The number of pyridine rings is 1. The fraction of sp³-hybridized carbons (Fsp3) is 0.440. The van der Waals surface area contributed by atoms with Gasteiger partial charge < -0.3 is 14.2 Å². The van der Waals surface area contributed by atoms with Crippen LogP contribution in [0.25, 0.3) is 0 Å². The molecule has 0 saturated heterocycles. The van der Waals surface area contributed by atoms with Crippen LogP contribution in [0.1, 0.15) is 50.9 Å². The molecular formula is C25H31N3O6. The number of nitrogens with one attached hydrogen (secondary N) is 1. The van der Waals surface area contributed by atoms with E-state index in [4.69, 9.17) is 14.2 Å². The summed E-state index contributed by atoms with van der Waals surface area (Å²) < 4.78 is 15.8. The molecule has 0 unspecified atom stereocenters. The molecule has 1 aromatic carbocycles. The monoisotopic (exact) mass is 469 g/mol. The molecule has 0 atom stereocenters. The lowest BCUT2D eigenvalue weighted by Crippen LogP contribution is -2.39. The Balaban J connectivity index is 1.69. The number of hydrogen-bond donors (Lipinski definition) is 1. The lowest BCUT2D eigenvalue weighted by Gasteiger charge is -2.26. The molecule has 182 valence electrons. The Kier molecular flexibility index (Phi) is 8.09. The van der Waals surface area contributed by atoms with E-state index < -0.39 is 17.5 Å². The Bertz CT molecular complexity index is 1000. The van der Waals surface area contributed by atoms with Crippen molar-refractivity contribution in [1.29, 1.82) is 0 Å². The Morgan fingerprint density at radius 1 is 1.03 bits per heavy atom. The predicted octanol–water partition coefficient (Wildman–Crippen LogP) is 4.43. The number of nitrogens with zero attached hydrogens (tertiary/aromatic N) is 2. The van der Waals surface area contributed by atoms with Gasteiger partial charge in [0.1, 0.15) is 11.6 Å². The Morgan fingerprint density at radius 2 is 1.71 bits per heavy atom. The first kappa shape index (κ1) is 25.0. The predicted molar refractivity (Wildman–Crippen MR) is 127 cm³/mol. The van der Waals surface area contributed by atoms with Crippen LogP contribution in [0.3, 0.4) is 0 Å². The first-order valence-corrected chi connectivity index (χ1v) is 11.4. The van der Waals surface area contributed by atoms with E-state index in [1.54, 1.807) is 69.0 Å². The maximum atomic E-state index is 13.1. The van der Waals surface area contributed by atoms with Gasteiger partial charge in [0.25, 0.3) is 0 Å². The molecule has 1 fully saturated rings. The molecule has 2 amide bonds. The molecule has 1 aliphatic carbocycles. The van der Waals surface area contributed by atoms with Gasteiger partial charge in [-0.2, -0.15) is 0 Å². The highest BCUT2D eigenvalue weighted by atomic mass is 16.6. The highest BCUT2D eigenvalue weighted by molar-refractivity contribution is 6.01. The van der Waals surface area contributed by atoms with E-state index in [-0.39, 0.29) is 19.2 Å². The van der Waals surface area contributed by atoms with E-state index >= 15 is 0 Å². The first-order valence-electron chi connectivity index (χ1n) is 11.4. The zero-order valence-electron chi connectivity index (χ0n) is 20.0. The zero-order chi connectivity index (χ0) is 24.7. The molecule has 0 aliphatic heterocycles. The van der Waals surface area contributed by atoms with E-state index in [9.17, 15) is 14.4 Å². The number of amides is 2. The molecule has 1 aliphatic rings. The summed E-state index contributed by atoms with van der Waals surface area (Å²) in [6, 6.07) is 9.78. The minimum absolute atomic E-state index is 0.274. The van der Waals surface area contributed by atoms with Gasteiger partial charge in [-0.15, -0.1) is 0 Å². The fourth-order valence-electron chi connectivity index (χ4n) is 3.18. The average Bonchev–Trinajstić information content (AvgIpc) is 3.63. The van der Waals surface area contributed by atoms with Gasteiger partial charge in [0.15, 0.2) is 5.60 Å². The van der Waals surface area contributed by atoms with Crippen molar-refractivity contribution in [2.45, 2.75) is 46.1 Å². The van der Waals surface area contributed by atoms with Crippen LogP contribution in [0.5, 0.6) is 5.75 Å². The summed E-state index contributed by atoms with van der Waals surface area (Å²) >= 11 is 0. The quantitative estimate of drug-likeness (QED) is 0.513. The molecule has 1 saturated carbocycles. The van der Waals surface area contributed by atoms with Crippen LogP contribution >= 0.6 is 0 Å². The van der Waals surface area contributed by atoms with Crippen LogP contribution in [-0.4, -0.2) is 48.3 Å². The molecule has 0 spiro atoms. The molecule has 1 N–H and O–H groups in total. The van der Waals surface area contributed by atoms with Crippen LogP contribution in [0, 0.1) is 5.92 Å². The number of anilines is 2. The van der Waals surface area contributed by atoms with Gasteiger partial charge in [-0.25, -0.2) is 19.4 Å². The molecule has 3 rings (SSSR count). The van der Waals surface area contributed by atoms with Crippen LogP contribution in [0.15, 0.2) is 42.6 Å². The fourth-order valence-corrected chi connectivity index (χ4v) is 3.18. The van der Waals surface area contributed by atoms with Crippen LogP contribution in [0.2, 0.25) is 0 Å². The second kappa shape index (κ2) is 11.0. The molecule has 2 aromatic rings. The Labute approximate surface area is 199 Å². The number of benzene rings is 1. The SMILES string of the molecule is CCOC(=O)c1ccc(NC(=O)N(CC2CC2)c2ccc(OC(C)(C)C(=O)OCC)cc2)nc1. The average molecular weight is 470 g/mol. The van der Waals surface area contributed by atoms with Gasteiger partial charge >= 0.3 is 18.0 Å². The maximum Gasteiger partial charge on any atom is 0.349 e. The minimum atomic E-state index is -1.13. The summed E-state index contributed by atoms with van der Waals surface area (Å²) in [5, 5.41) is 2.78. The molecule has 1 aromatic heterocycles. The number of carbonyl (C=O) groups is 3. The van der Waals surface area contributed by atoms with E-state index in [1.807, 2.05) is 0 Å². The van der Waals surface area contributed by atoms with Gasteiger partial charge in [-0.05, 0) is 82.9 Å². The third-order valence-electron chi connectivity index (χ3n) is 5.18. The molecule has 0 bridgehead atoms. The standard InChI is InChI=1S/C25H31N3O6/c1-5-32-22(29)18-9-14-21(26-15-18)27-24(31)28(16-17-7-8-17)19-10-12-20(13-11-19)34-25(3,4)23(30)33-6-2/h9-15,17H,5-8,16H2,1-4H3,(H,26,27,31). The zero-order valence-corrected chi connectivity index (χ0v) is 20.0. The molecule has 34 heavy (non-hydrogen) atoms. The van der Waals surface area contributed by atoms with E-state index in [0.29, 0.717) is 35.3 Å². The van der Waals surface area contributed by atoms with Crippen LogP contribution in [0.4, 0.5) is 16.3 Å². The maximum absolute atomic E-state index is 13.1. The van der Waals surface area contributed by atoms with Gasteiger partial charge in [0, 0.05) is 18.4 Å². The van der Waals surface area contributed by atoms with Crippen molar-refractivity contribution in [3.63, 3.8) is 0 Å². The second-order valence-electron chi connectivity index (χ2n) is 8.46. The number of aromatic nitrogens is 1. The van der Waals surface area contributed by atoms with E-state index in [0.717, 1.165) is 12.8 Å². The molecule has 9 heteroatoms. The number of ether oxygens (including phenoxy) is 3. The Morgan fingerprint density at radius 3 is 2.26 bits per heavy atom. The lowest BCUT2D eigenvalue weighted by atomic mass is 10.1. The summed E-state index contributed by atoms with van der Waals surface area (Å²) in [6.07, 6.45) is 3.52. The van der Waals surface area contributed by atoms with E-state index in [2.05, 4.69) is 10.3 Å². The van der Waals surface area contributed by atoms with Gasteiger partial charge in [-0.1, -0.05) is 0 Å². The lowest BCUT2D eigenvalue weighted by molar-refractivity contribution is -0.158. The number of hydrogen-bond acceptors (Lipinski definition) is 7. The molecule has 1 heterocycles. The number of carbonyl (C=O) groups excluding carboxylic acids is 3. The van der Waals surface area contributed by atoms with Crippen LogP contribution in [-0.2, 0) is 14.3 Å². The molecule has 0 radical (unpaired) electrons. The summed E-state index contributed by atoms with van der Waals surface area (Å²) in [4.78, 5) is 42.7. The third kappa shape index (κ3) is 6.69. The largest absolute Gasteiger partial charge is 0.476 e. The topological polar surface area (TPSA) is 107 Å². The number of esters is 2. The van der Waals surface area contributed by atoms with Gasteiger partial charge in [0.2, 0.25) is 0 Å². The number of rotatable bonds is 10. The van der Waals surface area contributed by atoms with Crippen molar-refractivity contribution < 1.29 is 28.6 Å². The normalized spacial score (nSPS) is 13.1. The summed E-state index contributed by atoms with van der Waals surface area (Å²) in [5.41, 5.74) is -0.130. The highest BCUT2D eigenvalue weighted by Crippen LogP contribution is 2.32. The summed E-state index contributed by atoms with van der Waals surface area (Å²) in [5.74, 6) is 0.357. The van der Waals surface area contributed by atoms with Crippen molar-refractivity contribution >= 4 is 29.5 Å². The second-order valence-corrected chi connectivity index (χ2v) is 8.46. The molecule has 9 nitrogen and oxygen atoms in total. The van der Waals surface area contributed by atoms with Crippen molar-refractivity contribution in [2.75, 3.05) is 30.0 Å². The van der Waals surface area contributed by atoms with Crippen molar-refractivity contribution in [3.05, 3.63) is 48.2 Å². The molecular weight excluding hydrogens is 438 g/mol. The van der Waals surface area contributed by atoms with Gasteiger partial charge in [-0.3, -0.25) is 10.2 Å². The Hall–Kier alpha value is -3.62. The summed E-state index contributed by atoms with van der Waals surface area (Å²) in [6.45, 7) is 7.88. The van der Waals surface area contributed by atoms with E-state index in [1.165, 1.54) is 6.20 Å². The van der Waals surface area contributed by atoms with Crippen LogP contribution < -0.4 is 15.0 Å². The third-order valence-corrected chi connectivity index (χ3v) is 5.18. The highest BCUT2D eigenvalue weighted by Gasteiger charge is 2.32. The van der Waals surface area contributed by atoms with Crippen molar-refractivity contribution in [2.24, 2.45) is 5.92 Å². The first-order chi connectivity index (χ1) is 16.2. The smallest absolute Gasteiger partial charge is 0.349 e. The summed E-state index contributed by atoms with van der Waals surface area (Å²) in [7, 11) is 0. The van der Waals surface area contributed by atoms with Crippen molar-refractivity contribution in [1.82, 2.24) is 4.98 Å². The minimum Gasteiger partial charge on any atom is -0.476 e. The van der Waals surface area contributed by atoms with Gasteiger partial charge in [0.05, 0.1) is 18.8 Å².